The van der Waals surface area contributed by atoms with Crippen LogP contribution in [0.15, 0.2) is 36.4 Å². The van der Waals surface area contributed by atoms with Crippen molar-refractivity contribution in [1.29, 1.82) is 5.26 Å². The molecule has 2 aromatic rings. The minimum absolute atomic E-state index is 0.563. The SMILES string of the molecule is Cc1ccc(Oc2c(C)cccc2C#N)cc1C. The van der Waals surface area contributed by atoms with Crippen molar-refractivity contribution in [3.63, 3.8) is 0 Å². The van der Waals surface area contributed by atoms with Crippen molar-refractivity contribution >= 4 is 0 Å². The summed E-state index contributed by atoms with van der Waals surface area (Å²) in [5, 5.41) is 9.09. The molecule has 0 aromatic heterocycles. The van der Waals surface area contributed by atoms with Gasteiger partial charge >= 0.3 is 0 Å². The summed E-state index contributed by atoms with van der Waals surface area (Å²) in [6.45, 7) is 6.05. The first-order valence-corrected chi connectivity index (χ1v) is 5.86. The molecule has 0 saturated carbocycles. The summed E-state index contributed by atoms with van der Waals surface area (Å²) in [7, 11) is 0. The van der Waals surface area contributed by atoms with Crippen molar-refractivity contribution < 1.29 is 4.74 Å². The van der Waals surface area contributed by atoms with E-state index in [0.29, 0.717) is 11.3 Å². The molecule has 0 N–H and O–H groups in total. The first-order chi connectivity index (χ1) is 8.61. The summed E-state index contributed by atoms with van der Waals surface area (Å²) < 4.78 is 5.84. The number of para-hydroxylation sites is 1. The largest absolute Gasteiger partial charge is 0.456 e. The highest BCUT2D eigenvalue weighted by Gasteiger charge is 2.08. The molecule has 0 aliphatic heterocycles. The molecule has 2 heteroatoms. The zero-order valence-electron chi connectivity index (χ0n) is 10.8. The lowest BCUT2D eigenvalue weighted by Crippen LogP contribution is -1.92. The van der Waals surface area contributed by atoms with Crippen molar-refractivity contribution in [2.75, 3.05) is 0 Å². The highest BCUT2D eigenvalue weighted by Crippen LogP contribution is 2.29. The summed E-state index contributed by atoms with van der Waals surface area (Å²) in [6, 6.07) is 13.7. The maximum Gasteiger partial charge on any atom is 0.148 e. The van der Waals surface area contributed by atoms with Crippen molar-refractivity contribution in [2.24, 2.45) is 0 Å². The molecule has 0 heterocycles. The third-order valence-electron chi connectivity index (χ3n) is 3.03. The molecular formula is C16H15NO. The number of hydrogen-bond acceptors (Lipinski definition) is 2. The quantitative estimate of drug-likeness (QED) is 0.781. The monoisotopic (exact) mass is 237 g/mol. The van der Waals surface area contributed by atoms with Gasteiger partial charge in [-0.25, -0.2) is 0 Å². The summed E-state index contributed by atoms with van der Waals surface area (Å²) in [5.41, 5.74) is 3.94. The van der Waals surface area contributed by atoms with Crippen LogP contribution in [0, 0.1) is 32.1 Å². The first-order valence-electron chi connectivity index (χ1n) is 5.86. The average molecular weight is 237 g/mol. The normalized spacial score (nSPS) is 9.89. The van der Waals surface area contributed by atoms with Crippen LogP contribution in [0.4, 0.5) is 0 Å². The third kappa shape index (κ3) is 2.36. The smallest absolute Gasteiger partial charge is 0.148 e. The molecule has 0 spiro atoms. The Morgan fingerprint density at radius 3 is 2.39 bits per heavy atom. The lowest BCUT2D eigenvalue weighted by Gasteiger charge is -2.11. The molecular weight excluding hydrogens is 222 g/mol. The maximum absolute atomic E-state index is 9.09. The van der Waals surface area contributed by atoms with Crippen LogP contribution in [0.2, 0.25) is 0 Å². The van der Waals surface area contributed by atoms with Crippen molar-refractivity contribution in [1.82, 2.24) is 0 Å². The molecule has 0 aliphatic carbocycles. The molecule has 2 aromatic carbocycles. The Balaban J connectivity index is 2.40. The summed E-state index contributed by atoms with van der Waals surface area (Å²) >= 11 is 0. The Kier molecular flexibility index (Phi) is 3.34. The van der Waals surface area contributed by atoms with Crippen LogP contribution < -0.4 is 4.74 Å². The van der Waals surface area contributed by atoms with E-state index in [1.54, 1.807) is 6.07 Å². The minimum Gasteiger partial charge on any atom is -0.456 e. The Bertz CT molecular complexity index is 623. The van der Waals surface area contributed by atoms with Gasteiger partial charge in [0.25, 0.3) is 0 Å². The van der Waals surface area contributed by atoms with Crippen LogP contribution in [-0.2, 0) is 0 Å². The van der Waals surface area contributed by atoms with Gasteiger partial charge in [-0.3, -0.25) is 0 Å². The molecule has 0 atom stereocenters. The molecule has 0 aliphatic rings. The molecule has 0 radical (unpaired) electrons. The fourth-order valence-electron chi connectivity index (χ4n) is 1.77. The Hall–Kier alpha value is -2.27. The van der Waals surface area contributed by atoms with Gasteiger partial charge in [-0.05, 0) is 55.7 Å². The van der Waals surface area contributed by atoms with E-state index >= 15 is 0 Å². The summed E-state index contributed by atoms with van der Waals surface area (Å²) in [5.74, 6) is 1.41. The summed E-state index contributed by atoms with van der Waals surface area (Å²) in [6.07, 6.45) is 0. The zero-order valence-corrected chi connectivity index (χ0v) is 10.8. The average Bonchev–Trinajstić information content (AvgIpc) is 2.36. The predicted molar refractivity (Wildman–Crippen MR) is 71.9 cm³/mol. The van der Waals surface area contributed by atoms with Gasteiger partial charge in [-0.15, -0.1) is 0 Å². The molecule has 0 unspecified atom stereocenters. The van der Waals surface area contributed by atoms with E-state index < -0.39 is 0 Å². The molecule has 0 amide bonds. The van der Waals surface area contributed by atoms with Crippen molar-refractivity contribution in [2.45, 2.75) is 20.8 Å². The van der Waals surface area contributed by atoms with E-state index in [2.05, 4.69) is 13.0 Å². The Morgan fingerprint density at radius 1 is 0.944 bits per heavy atom. The van der Waals surface area contributed by atoms with Gasteiger partial charge in [0.2, 0.25) is 0 Å². The lowest BCUT2D eigenvalue weighted by molar-refractivity contribution is 0.477. The fourth-order valence-corrected chi connectivity index (χ4v) is 1.77. The van der Waals surface area contributed by atoms with Gasteiger partial charge in [-0.1, -0.05) is 18.2 Å². The van der Waals surface area contributed by atoms with E-state index in [-0.39, 0.29) is 0 Å². The predicted octanol–water partition coefficient (Wildman–Crippen LogP) is 4.28. The second-order valence-corrected chi connectivity index (χ2v) is 4.41. The number of nitriles is 1. The molecule has 90 valence electrons. The first kappa shape index (κ1) is 12.2. The second-order valence-electron chi connectivity index (χ2n) is 4.41. The van der Waals surface area contributed by atoms with Gasteiger partial charge in [0.1, 0.15) is 17.6 Å². The van der Waals surface area contributed by atoms with Gasteiger partial charge in [-0.2, -0.15) is 5.26 Å². The topological polar surface area (TPSA) is 33.0 Å². The van der Waals surface area contributed by atoms with Gasteiger partial charge in [0.15, 0.2) is 0 Å². The molecule has 2 rings (SSSR count). The highest BCUT2D eigenvalue weighted by molar-refractivity contribution is 5.50. The standard InChI is InChI=1S/C16H15NO/c1-11-7-8-15(9-13(11)3)18-16-12(2)5-4-6-14(16)10-17/h4-9H,1-3H3. The number of benzene rings is 2. The van der Waals surface area contributed by atoms with Crippen LogP contribution in [0.25, 0.3) is 0 Å². The van der Waals surface area contributed by atoms with E-state index in [1.165, 1.54) is 11.1 Å². The molecule has 0 fully saturated rings. The van der Waals surface area contributed by atoms with Crippen molar-refractivity contribution in [3.05, 3.63) is 58.7 Å². The number of aryl methyl sites for hydroxylation is 3. The van der Waals surface area contributed by atoms with Gasteiger partial charge < -0.3 is 4.74 Å². The molecule has 0 saturated heterocycles. The Morgan fingerprint density at radius 2 is 1.72 bits per heavy atom. The zero-order chi connectivity index (χ0) is 13.1. The van der Waals surface area contributed by atoms with Crippen LogP contribution in [0.5, 0.6) is 11.5 Å². The van der Waals surface area contributed by atoms with E-state index in [4.69, 9.17) is 10.00 Å². The third-order valence-corrected chi connectivity index (χ3v) is 3.03. The molecule has 2 nitrogen and oxygen atoms in total. The number of ether oxygens (including phenoxy) is 1. The van der Waals surface area contributed by atoms with Crippen LogP contribution in [0.3, 0.4) is 0 Å². The van der Waals surface area contributed by atoms with Crippen LogP contribution in [0.1, 0.15) is 22.3 Å². The fraction of sp³-hybridized carbons (Fsp3) is 0.188. The van der Waals surface area contributed by atoms with Crippen molar-refractivity contribution in [3.8, 4) is 17.6 Å². The van der Waals surface area contributed by atoms with E-state index in [9.17, 15) is 0 Å². The number of hydrogen-bond donors (Lipinski definition) is 0. The van der Waals surface area contributed by atoms with E-state index in [1.807, 2.05) is 44.2 Å². The molecule has 18 heavy (non-hydrogen) atoms. The van der Waals surface area contributed by atoms with Gasteiger partial charge in [0.05, 0.1) is 5.56 Å². The van der Waals surface area contributed by atoms with Crippen LogP contribution >= 0.6 is 0 Å². The second kappa shape index (κ2) is 4.93. The Labute approximate surface area is 107 Å². The van der Waals surface area contributed by atoms with Gasteiger partial charge in [0, 0.05) is 0 Å². The maximum atomic E-state index is 9.09. The van der Waals surface area contributed by atoms with E-state index in [0.717, 1.165) is 11.3 Å². The van der Waals surface area contributed by atoms with Crippen LogP contribution in [-0.4, -0.2) is 0 Å². The molecule has 0 bridgehead atoms. The number of rotatable bonds is 2. The summed E-state index contributed by atoms with van der Waals surface area (Å²) in [4.78, 5) is 0. The highest BCUT2D eigenvalue weighted by atomic mass is 16.5. The number of nitrogens with zero attached hydrogens (tertiary/aromatic N) is 1. The minimum atomic E-state index is 0.563. The lowest BCUT2D eigenvalue weighted by atomic mass is 10.1.